The lowest BCUT2D eigenvalue weighted by molar-refractivity contribution is 0.0541. The van der Waals surface area contributed by atoms with Gasteiger partial charge in [0.15, 0.2) is 0 Å². The summed E-state index contributed by atoms with van der Waals surface area (Å²) in [5.74, 6) is 0.333. The number of ether oxygens (including phenoxy) is 1. The number of β-amino-alcohol motifs (C(OH)–C–C–N with tert-alkyl or cyclic N) is 1. The van der Waals surface area contributed by atoms with E-state index < -0.39 is 0 Å². The molecule has 0 aromatic heterocycles. The lowest BCUT2D eigenvalue weighted by atomic mass is 10.0. The third-order valence-electron chi connectivity index (χ3n) is 4.69. The molecule has 2 atom stereocenters. The summed E-state index contributed by atoms with van der Waals surface area (Å²) < 4.78 is 5.37. The first kappa shape index (κ1) is 14.8. The van der Waals surface area contributed by atoms with E-state index >= 15 is 0 Å². The van der Waals surface area contributed by atoms with Gasteiger partial charge in [0.25, 0.3) is 0 Å². The van der Waals surface area contributed by atoms with Crippen LogP contribution in [0.5, 0.6) is 0 Å². The molecule has 1 aromatic rings. The largest absolute Gasteiger partial charge is 0.391 e. The fraction of sp³-hybridized carbons (Fsp3) is 0.647. The van der Waals surface area contributed by atoms with Gasteiger partial charge in [-0.05, 0) is 31.0 Å². The molecule has 0 radical (unpaired) electrons. The molecule has 0 aliphatic carbocycles. The predicted molar refractivity (Wildman–Crippen MR) is 84.8 cm³/mol. The Morgan fingerprint density at radius 1 is 1.29 bits per heavy atom. The first-order valence-corrected chi connectivity index (χ1v) is 8.02. The second-order valence-electron chi connectivity index (χ2n) is 6.32. The fourth-order valence-corrected chi connectivity index (χ4v) is 3.28. The third kappa shape index (κ3) is 3.76. The summed E-state index contributed by atoms with van der Waals surface area (Å²) in [5.41, 5.74) is 2.63. The topological polar surface area (TPSA) is 35.9 Å². The summed E-state index contributed by atoms with van der Waals surface area (Å²) in [5, 5.41) is 10.3. The van der Waals surface area contributed by atoms with Crippen molar-refractivity contribution in [1.82, 2.24) is 4.90 Å². The minimum Gasteiger partial charge on any atom is -0.391 e. The Balaban J connectivity index is 1.48. The van der Waals surface area contributed by atoms with Crippen LogP contribution in [-0.2, 0) is 4.74 Å². The van der Waals surface area contributed by atoms with Crippen LogP contribution >= 0.6 is 0 Å². The predicted octanol–water partition coefficient (Wildman–Crippen LogP) is 1.51. The average molecular weight is 290 g/mol. The van der Waals surface area contributed by atoms with Crippen molar-refractivity contribution in [3.05, 3.63) is 29.8 Å². The Bertz CT molecular complexity index is 452. The Labute approximate surface area is 127 Å². The molecule has 3 rings (SSSR count). The molecule has 2 unspecified atom stereocenters. The van der Waals surface area contributed by atoms with Gasteiger partial charge in [0.1, 0.15) is 0 Å². The number of rotatable bonds is 4. The number of hydrogen-bond donors (Lipinski definition) is 1. The number of aryl methyl sites for hydroxylation is 1. The SMILES string of the molecule is Cc1cccc(N2CCN(CC(O)C3CCOC3)CC2)c1. The number of aliphatic hydroxyl groups is 1. The highest BCUT2D eigenvalue weighted by atomic mass is 16.5. The zero-order chi connectivity index (χ0) is 14.7. The lowest BCUT2D eigenvalue weighted by Gasteiger charge is -2.37. The van der Waals surface area contributed by atoms with Crippen LogP contribution in [0.25, 0.3) is 0 Å². The molecule has 21 heavy (non-hydrogen) atoms. The van der Waals surface area contributed by atoms with Crippen LogP contribution < -0.4 is 4.90 Å². The van der Waals surface area contributed by atoms with E-state index in [9.17, 15) is 5.11 Å². The monoisotopic (exact) mass is 290 g/mol. The van der Waals surface area contributed by atoms with Crippen LogP contribution in [0.2, 0.25) is 0 Å². The molecule has 4 heteroatoms. The quantitative estimate of drug-likeness (QED) is 0.912. The molecule has 1 aromatic carbocycles. The van der Waals surface area contributed by atoms with E-state index in [4.69, 9.17) is 4.74 Å². The van der Waals surface area contributed by atoms with Gasteiger partial charge >= 0.3 is 0 Å². The lowest BCUT2D eigenvalue weighted by Crippen LogP contribution is -2.49. The maximum atomic E-state index is 10.3. The van der Waals surface area contributed by atoms with Crippen molar-refractivity contribution in [2.75, 3.05) is 50.8 Å². The van der Waals surface area contributed by atoms with E-state index in [0.29, 0.717) is 5.92 Å². The smallest absolute Gasteiger partial charge is 0.0718 e. The summed E-state index contributed by atoms with van der Waals surface area (Å²) in [7, 11) is 0. The van der Waals surface area contributed by atoms with Gasteiger partial charge in [0.05, 0.1) is 12.7 Å². The molecular weight excluding hydrogens is 264 g/mol. The molecule has 0 spiro atoms. The van der Waals surface area contributed by atoms with E-state index in [2.05, 4.69) is 41.0 Å². The number of nitrogens with zero attached hydrogens (tertiary/aromatic N) is 2. The van der Waals surface area contributed by atoms with Crippen LogP contribution in [0.15, 0.2) is 24.3 Å². The van der Waals surface area contributed by atoms with Crippen molar-refractivity contribution < 1.29 is 9.84 Å². The van der Waals surface area contributed by atoms with Gasteiger partial charge < -0.3 is 14.7 Å². The average Bonchev–Trinajstić information content (AvgIpc) is 3.02. The Morgan fingerprint density at radius 3 is 2.76 bits per heavy atom. The zero-order valence-electron chi connectivity index (χ0n) is 12.9. The van der Waals surface area contributed by atoms with Crippen LogP contribution in [0.3, 0.4) is 0 Å². The van der Waals surface area contributed by atoms with Crippen molar-refractivity contribution in [3.8, 4) is 0 Å². The van der Waals surface area contributed by atoms with Crippen molar-refractivity contribution in [3.63, 3.8) is 0 Å². The van der Waals surface area contributed by atoms with Crippen molar-refractivity contribution in [2.45, 2.75) is 19.4 Å². The molecule has 2 fully saturated rings. The molecule has 2 aliphatic heterocycles. The van der Waals surface area contributed by atoms with Gasteiger partial charge in [-0.1, -0.05) is 12.1 Å². The Kier molecular flexibility index (Phi) is 4.78. The van der Waals surface area contributed by atoms with E-state index in [1.165, 1.54) is 11.3 Å². The molecule has 0 bridgehead atoms. The summed E-state index contributed by atoms with van der Waals surface area (Å²) in [6, 6.07) is 8.70. The molecule has 116 valence electrons. The number of anilines is 1. The summed E-state index contributed by atoms with van der Waals surface area (Å²) in [6.07, 6.45) is 0.766. The van der Waals surface area contributed by atoms with E-state index in [0.717, 1.165) is 52.4 Å². The van der Waals surface area contributed by atoms with Crippen LogP contribution in [0.1, 0.15) is 12.0 Å². The first-order valence-electron chi connectivity index (χ1n) is 8.02. The molecule has 1 N–H and O–H groups in total. The van der Waals surface area contributed by atoms with Crippen LogP contribution in [0, 0.1) is 12.8 Å². The van der Waals surface area contributed by atoms with Crippen LogP contribution in [0.4, 0.5) is 5.69 Å². The Hall–Kier alpha value is -1.10. The first-order chi connectivity index (χ1) is 10.2. The number of aliphatic hydroxyl groups excluding tert-OH is 1. The normalized spacial score (nSPS) is 25.2. The molecule has 2 heterocycles. The molecule has 0 amide bonds. The second kappa shape index (κ2) is 6.77. The third-order valence-corrected chi connectivity index (χ3v) is 4.69. The van der Waals surface area contributed by atoms with Crippen LogP contribution in [-0.4, -0.2) is 62.0 Å². The second-order valence-corrected chi connectivity index (χ2v) is 6.32. The van der Waals surface area contributed by atoms with Crippen molar-refractivity contribution in [2.24, 2.45) is 5.92 Å². The van der Waals surface area contributed by atoms with E-state index in [1.807, 2.05) is 0 Å². The summed E-state index contributed by atoms with van der Waals surface area (Å²) in [4.78, 5) is 4.82. The summed E-state index contributed by atoms with van der Waals surface area (Å²) >= 11 is 0. The molecule has 2 saturated heterocycles. The minimum atomic E-state index is -0.238. The maximum Gasteiger partial charge on any atom is 0.0718 e. The van der Waals surface area contributed by atoms with Gasteiger partial charge in [0.2, 0.25) is 0 Å². The molecule has 4 nitrogen and oxygen atoms in total. The zero-order valence-corrected chi connectivity index (χ0v) is 12.9. The summed E-state index contributed by atoms with van der Waals surface area (Å²) in [6.45, 7) is 8.59. The minimum absolute atomic E-state index is 0.238. The number of piperazine rings is 1. The standard InChI is InChI=1S/C17H26N2O2/c1-14-3-2-4-16(11-14)19-8-6-18(7-9-19)12-17(20)15-5-10-21-13-15/h2-4,11,15,17,20H,5-10,12-13H2,1H3. The van der Waals surface area contributed by atoms with Gasteiger partial charge in [-0.15, -0.1) is 0 Å². The van der Waals surface area contributed by atoms with E-state index in [-0.39, 0.29) is 6.10 Å². The van der Waals surface area contributed by atoms with Crippen molar-refractivity contribution in [1.29, 1.82) is 0 Å². The van der Waals surface area contributed by atoms with Gasteiger partial charge in [-0.3, -0.25) is 4.90 Å². The number of benzene rings is 1. The highest BCUT2D eigenvalue weighted by Gasteiger charge is 2.27. The number of hydrogen-bond acceptors (Lipinski definition) is 4. The van der Waals surface area contributed by atoms with Crippen molar-refractivity contribution >= 4 is 5.69 Å². The molecule has 2 aliphatic rings. The molecular formula is C17H26N2O2. The van der Waals surface area contributed by atoms with Gasteiger partial charge in [-0.25, -0.2) is 0 Å². The van der Waals surface area contributed by atoms with Gasteiger partial charge in [0, 0.05) is 50.9 Å². The van der Waals surface area contributed by atoms with E-state index in [1.54, 1.807) is 0 Å². The Morgan fingerprint density at radius 2 is 2.10 bits per heavy atom. The highest BCUT2D eigenvalue weighted by molar-refractivity contribution is 5.48. The maximum absolute atomic E-state index is 10.3. The highest BCUT2D eigenvalue weighted by Crippen LogP contribution is 2.20. The molecule has 0 saturated carbocycles. The van der Waals surface area contributed by atoms with Gasteiger partial charge in [-0.2, -0.15) is 0 Å². The fourth-order valence-electron chi connectivity index (χ4n) is 3.28.